The van der Waals surface area contributed by atoms with Crippen LogP contribution in [0.3, 0.4) is 0 Å². The fraction of sp³-hybridized carbons (Fsp3) is 0.786. The molecule has 0 saturated heterocycles. The van der Waals surface area contributed by atoms with Gasteiger partial charge in [-0.3, -0.25) is 4.68 Å². The Morgan fingerprint density at radius 3 is 2.43 bits per heavy atom. The molecular formula is C14H27IN2O3Si. The molecular weight excluding hydrogens is 399 g/mol. The van der Waals surface area contributed by atoms with Gasteiger partial charge in [0.05, 0.1) is 32.1 Å². The Morgan fingerprint density at radius 1 is 1.33 bits per heavy atom. The molecule has 1 heterocycles. The molecule has 0 amide bonds. The van der Waals surface area contributed by atoms with Crippen molar-refractivity contribution in [3.8, 4) is 5.88 Å². The van der Waals surface area contributed by atoms with E-state index in [1.807, 2.05) is 6.92 Å². The number of rotatable bonds is 7. The topological polar surface area (TPSA) is 56.5 Å². The predicted octanol–water partition coefficient (Wildman–Crippen LogP) is 3.40. The average molecular weight is 426 g/mol. The molecule has 0 spiro atoms. The maximum absolute atomic E-state index is 9.52. The van der Waals surface area contributed by atoms with E-state index in [4.69, 9.17) is 9.16 Å². The maximum atomic E-state index is 9.52. The van der Waals surface area contributed by atoms with Gasteiger partial charge < -0.3 is 14.3 Å². The molecule has 1 N–H and O–H groups in total. The second-order valence-electron chi connectivity index (χ2n) is 6.49. The summed E-state index contributed by atoms with van der Waals surface area (Å²) < 4.78 is 14.3. The largest absolute Gasteiger partial charge is 0.476 e. The van der Waals surface area contributed by atoms with Crippen LogP contribution in [0.15, 0.2) is 0 Å². The number of aliphatic hydroxyl groups excluding tert-OH is 1. The summed E-state index contributed by atoms with van der Waals surface area (Å²) in [7, 11) is -1.75. The summed E-state index contributed by atoms with van der Waals surface area (Å²) in [5, 5.41) is 14.1. The number of halogens is 1. The van der Waals surface area contributed by atoms with Crippen molar-refractivity contribution in [2.75, 3.05) is 13.2 Å². The summed E-state index contributed by atoms with van der Waals surface area (Å²) in [6, 6.07) is 0. The highest BCUT2D eigenvalue weighted by atomic mass is 127. The van der Waals surface area contributed by atoms with Crippen LogP contribution in [-0.4, -0.2) is 36.4 Å². The fourth-order valence-electron chi connectivity index (χ4n) is 1.62. The van der Waals surface area contributed by atoms with E-state index >= 15 is 0 Å². The molecule has 0 aromatic carbocycles. The van der Waals surface area contributed by atoms with Gasteiger partial charge in [0.15, 0.2) is 8.32 Å². The standard InChI is InChI=1S/C14H27IN2O3Si/c1-7-19-13-12(15)11(10-18)17(16-13)8-9-20-21(5,6)14(2,3)4/h18H,7-10H2,1-6H3. The molecule has 0 bridgehead atoms. The highest BCUT2D eigenvalue weighted by molar-refractivity contribution is 14.1. The van der Waals surface area contributed by atoms with Crippen molar-refractivity contribution in [3.63, 3.8) is 0 Å². The van der Waals surface area contributed by atoms with Crippen molar-refractivity contribution in [2.24, 2.45) is 0 Å². The average Bonchev–Trinajstić information content (AvgIpc) is 2.64. The zero-order chi connectivity index (χ0) is 16.3. The van der Waals surface area contributed by atoms with Gasteiger partial charge >= 0.3 is 0 Å². The molecule has 0 aliphatic carbocycles. The van der Waals surface area contributed by atoms with Gasteiger partial charge in [0, 0.05) is 0 Å². The smallest absolute Gasteiger partial charge is 0.246 e. The first-order chi connectivity index (χ1) is 9.64. The van der Waals surface area contributed by atoms with Gasteiger partial charge in [0.25, 0.3) is 0 Å². The van der Waals surface area contributed by atoms with Crippen LogP contribution in [0.1, 0.15) is 33.4 Å². The third-order valence-electron chi connectivity index (χ3n) is 3.97. The Kier molecular flexibility index (Phi) is 6.70. The normalized spacial score (nSPS) is 12.8. The van der Waals surface area contributed by atoms with Crippen molar-refractivity contribution in [1.82, 2.24) is 9.78 Å². The van der Waals surface area contributed by atoms with Crippen molar-refractivity contribution < 1.29 is 14.3 Å². The van der Waals surface area contributed by atoms with E-state index in [0.29, 0.717) is 25.6 Å². The van der Waals surface area contributed by atoms with E-state index in [1.165, 1.54) is 0 Å². The fourth-order valence-corrected chi connectivity index (χ4v) is 3.37. The van der Waals surface area contributed by atoms with Crippen molar-refractivity contribution in [3.05, 3.63) is 9.26 Å². The molecule has 21 heavy (non-hydrogen) atoms. The zero-order valence-corrected chi connectivity index (χ0v) is 17.0. The van der Waals surface area contributed by atoms with E-state index in [1.54, 1.807) is 4.68 Å². The van der Waals surface area contributed by atoms with Crippen LogP contribution in [0.2, 0.25) is 18.1 Å². The number of hydrogen-bond acceptors (Lipinski definition) is 4. The van der Waals surface area contributed by atoms with Gasteiger partial charge in [0.1, 0.15) is 3.57 Å². The summed E-state index contributed by atoms with van der Waals surface area (Å²) in [4.78, 5) is 0. The minimum Gasteiger partial charge on any atom is -0.476 e. The predicted molar refractivity (Wildman–Crippen MR) is 95.2 cm³/mol. The van der Waals surface area contributed by atoms with Gasteiger partial charge in [-0.05, 0) is 47.6 Å². The number of hydrogen-bond donors (Lipinski definition) is 1. The summed E-state index contributed by atoms with van der Waals surface area (Å²) in [5.41, 5.74) is 0.790. The molecule has 0 saturated carbocycles. The molecule has 0 atom stereocenters. The molecule has 1 rings (SSSR count). The third kappa shape index (κ3) is 4.67. The number of aliphatic hydroxyl groups is 1. The van der Waals surface area contributed by atoms with Gasteiger partial charge in [-0.1, -0.05) is 20.8 Å². The van der Waals surface area contributed by atoms with Crippen LogP contribution < -0.4 is 4.74 Å². The first-order valence-electron chi connectivity index (χ1n) is 7.26. The monoisotopic (exact) mass is 426 g/mol. The van der Waals surface area contributed by atoms with Crippen LogP contribution in [0, 0.1) is 3.57 Å². The minimum atomic E-state index is -1.75. The van der Waals surface area contributed by atoms with Crippen LogP contribution >= 0.6 is 22.6 Å². The van der Waals surface area contributed by atoms with Crippen molar-refractivity contribution >= 4 is 30.9 Å². The maximum Gasteiger partial charge on any atom is 0.246 e. The van der Waals surface area contributed by atoms with Crippen LogP contribution in [0.4, 0.5) is 0 Å². The van der Waals surface area contributed by atoms with Gasteiger partial charge in [-0.25, -0.2) is 0 Å². The Balaban J connectivity index is 2.74. The molecule has 0 aliphatic heterocycles. The van der Waals surface area contributed by atoms with E-state index in [2.05, 4.69) is 61.6 Å². The summed E-state index contributed by atoms with van der Waals surface area (Å²) in [6.07, 6.45) is 0. The molecule has 5 nitrogen and oxygen atoms in total. The molecule has 1 aromatic rings. The molecule has 1 aromatic heterocycles. The molecule has 7 heteroatoms. The first-order valence-corrected chi connectivity index (χ1v) is 11.3. The van der Waals surface area contributed by atoms with Gasteiger partial charge in [-0.2, -0.15) is 0 Å². The summed E-state index contributed by atoms with van der Waals surface area (Å²) in [6.45, 7) is 14.8. The van der Waals surface area contributed by atoms with E-state index in [0.717, 1.165) is 9.26 Å². The van der Waals surface area contributed by atoms with Gasteiger partial charge in [-0.15, -0.1) is 5.10 Å². The van der Waals surface area contributed by atoms with E-state index in [9.17, 15) is 5.11 Å². The van der Waals surface area contributed by atoms with Crippen LogP contribution in [-0.2, 0) is 17.6 Å². The molecule has 0 aliphatic rings. The van der Waals surface area contributed by atoms with E-state index in [-0.39, 0.29) is 11.6 Å². The molecule has 122 valence electrons. The second kappa shape index (κ2) is 7.43. The lowest BCUT2D eigenvalue weighted by Gasteiger charge is -2.36. The van der Waals surface area contributed by atoms with Crippen LogP contribution in [0.25, 0.3) is 0 Å². The van der Waals surface area contributed by atoms with E-state index < -0.39 is 8.32 Å². The third-order valence-corrected chi connectivity index (χ3v) is 9.59. The summed E-state index contributed by atoms with van der Waals surface area (Å²) in [5.74, 6) is 0.592. The lowest BCUT2D eigenvalue weighted by molar-refractivity contribution is 0.241. The Morgan fingerprint density at radius 2 is 1.95 bits per heavy atom. The zero-order valence-electron chi connectivity index (χ0n) is 13.9. The lowest BCUT2D eigenvalue weighted by atomic mass is 10.2. The first kappa shape index (κ1) is 18.9. The molecule has 0 fully saturated rings. The lowest BCUT2D eigenvalue weighted by Crippen LogP contribution is -2.41. The SMILES string of the molecule is CCOc1nn(CCO[Si](C)(C)C(C)(C)C)c(CO)c1I. The van der Waals surface area contributed by atoms with Crippen LogP contribution in [0.5, 0.6) is 5.88 Å². The highest BCUT2D eigenvalue weighted by Gasteiger charge is 2.37. The number of aromatic nitrogens is 2. The highest BCUT2D eigenvalue weighted by Crippen LogP contribution is 2.36. The van der Waals surface area contributed by atoms with Gasteiger partial charge in [0.2, 0.25) is 5.88 Å². The minimum absolute atomic E-state index is 0.0432. The Bertz CT molecular complexity index is 470. The number of ether oxygens (including phenoxy) is 1. The Labute approximate surface area is 142 Å². The molecule has 0 unspecified atom stereocenters. The summed E-state index contributed by atoms with van der Waals surface area (Å²) >= 11 is 2.17. The van der Waals surface area contributed by atoms with Crippen molar-refractivity contribution in [1.29, 1.82) is 0 Å². The number of nitrogens with zero attached hydrogens (tertiary/aromatic N) is 2. The van der Waals surface area contributed by atoms with Crippen molar-refractivity contribution in [2.45, 2.75) is 59.0 Å². The second-order valence-corrected chi connectivity index (χ2v) is 12.4. The molecule has 0 radical (unpaired) electrons. The Hall–Kier alpha value is -0.123. The quantitative estimate of drug-likeness (QED) is 0.537.